The molecule has 0 aromatic carbocycles. The van der Waals surface area contributed by atoms with Crippen molar-refractivity contribution < 1.29 is 0 Å². The molecule has 2 aromatic heterocycles. The smallest absolute Gasteiger partial charge is 0.221 e. The zero-order valence-electron chi connectivity index (χ0n) is 8.34. The van der Waals surface area contributed by atoms with E-state index >= 15 is 0 Å². The van der Waals surface area contributed by atoms with Crippen LogP contribution in [0.2, 0.25) is 0 Å². The number of nitrogens with zero attached hydrogens (tertiary/aromatic N) is 5. The van der Waals surface area contributed by atoms with Gasteiger partial charge in [0.15, 0.2) is 0 Å². The van der Waals surface area contributed by atoms with Crippen LogP contribution in [-0.4, -0.2) is 31.5 Å². The van der Waals surface area contributed by atoms with E-state index in [0.717, 1.165) is 4.47 Å². The average Bonchev–Trinajstić information content (AvgIpc) is 2.76. The summed E-state index contributed by atoms with van der Waals surface area (Å²) in [7, 11) is 0. The van der Waals surface area contributed by atoms with Crippen LogP contribution in [0.25, 0.3) is 0 Å². The van der Waals surface area contributed by atoms with E-state index < -0.39 is 0 Å². The van der Waals surface area contributed by atoms with Gasteiger partial charge in [-0.1, -0.05) is 5.21 Å². The number of halogens is 1. The fourth-order valence-corrected chi connectivity index (χ4v) is 1.48. The Balaban J connectivity index is 1.92. The summed E-state index contributed by atoms with van der Waals surface area (Å²) in [6.07, 6.45) is 5.05. The highest BCUT2D eigenvalue weighted by atomic mass is 79.9. The third-order valence-corrected chi connectivity index (χ3v) is 2.45. The van der Waals surface area contributed by atoms with Gasteiger partial charge in [-0.05, 0) is 15.9 Å². The van der Waals surface area contributed by atoms with Crippen LogP contribution in [0.5, 0.6) is 0 Å². The Morgan fingerprint density at radius 1 is 1.50 bits per heavy atom. The summed E-state index contributed by atoms with van der Waals surface area (Å²) in [5.41, 5.74) is 5.48. The molecule has 0 unspecified atom stereocenters. The lowest BCUT2D eigenvalue weighted by Crippen LogP contribution is -2.13. The van der Waals surface area contributed by atoms with Crippen molar-refractivity contribution in [1.82, 2.24) is 25.0 Å². The molecule has 16 heavy (non-hydrogen) atoms. The lowest BCUT2D eigenvalue weighted by atomic mass is 10.5. The van der Waals surface area contributed by atoms with Gasteiger partial charge in [-0.25, -0.2) is 4.98 Å². The molecule has 84 valence electrons. The third-order valence-electron chi connectivity index (χ3n) is 1.87. The molecular weight excluding hydrogens is 274 g/mol. The number of rotatable bonds is 4. The monoisotopic (exact) mass is 283 g/mol. The molecule has 0 amide bonds. The summed E-state index contributed by atoms with van der Waals surface area (Å²) in [5, 5.41) is 10.7. The Bertz CT molecular complexity index is 455. The average molecular weight is 284 g/mol. The van der Waals surface area contributed by atoms with E-state index in [1.165, 1.54) is 0 Å². The van der Waals surface area contributed by atoms with E-state index in [4.69, 9.17) is 5.73 Å². The number of anilines is 2. The van der Waals surface area contributed by atoms with Crippen molar-refractivity contribution in [3.8, 4) is 0 Å². The van der Waals surface area contributed by atoms with Crippen molar-refractivity contribution in [1.29, 1.82) is 0 Å². The molecule has 0 aliphatic rings. The first-order chi connectivity index (χ1) is 7.75. The minimum atomic E-state index is 0.242. The summed E-state index contributed by atoms with van der Waals surface area (Å²) in [6, 6.07) is 0. The van der Waals surface area contributed by atoms with Gasteiger partial charge in [0.1, 0.15) is 5.82 Å². The molecule has 0 spiro atoms. The number of nitrogen functional groups attached to an aromatic ring is 1. The third kappa shape index (κ3) is 2.66. The van der Waals surface area contributed by atoms with Crippen molar-refractivity contribution in [2.24, 2.45) is 0 Å². The van der Waals surface area contributed by atoms with Crippen LogP contribution >= 0.6 is 15.9 Å². The van der Waals surface area contributed by atoms with Gasteiger partial charge in [0.25, 0.3) is 0 Å². The molecule has 0 radical (unpaired) electrons. The van der Waals surface area contributed by atoms with Gasteiger partial charge in [0.2, 0.25) is 5.95 Å². The first kappa shape index (κ1) is 10.8. The van der Waals surface area contributed by atoms with Crippen molar-refractivity contribution in [3.05, 3.63) is 23.1 Å². The summed E-state index contributed by atoms with van der Waals surface area (Å²) in [5.74, 6) is 0.916. The topological polar surface area (TPSA) is 94.5 Å². The lowest BCUT2D eigenvalue weighted by molar-refractivity contribution is 0.608. The Kier molecular flexibility index (Phi) is 3.30. The van der Waals surface area contributed by atoms with Crippen LogP contribution in [0.4, 0.5) is 11.8 Å². The van der Waals surface area contributed by atoms with E-state index in [1.807, 2.05) is 0 Å². The normalized spacial score (nSPS) is 10.3. The van der Waals surface area contributed by atoms with Gasteiger partial charge in [-0.15, -0.1) is 5.10 Å². The number of hydrogen-bond acceptors (Lipinski definition) is 6. The number of nitrogens with two attached hydrogens (primary N) is 1. The predicted molar refractivity (Wildman–Crippen MR) is 62.7 cm³/mol. The molecule has 0 saturated carbocycles. The van der Waals surface area contributed by atoms with E-state index in [-0.39, 0.29) is 5.95 Å². The molecule has 2 rings (SSSR count). The highest BCUT2D eigenvalue weighted by molar-refractivity contribution is 9.10. The van der Waals surface area contributed by atoms with Gasteiger partial charge >= 0.3 is 0 Å². The molecule has 7 nitrogen and oxygen atoms in total. The largest absolute Gasteiger partial charge is 0.368 e. The maximum Gasteiger partial charge on any atom is 0.221 e. The van der Waals surface area contributed by atoms with Crippen molar-refractivity contribution >= 4 is 27.7 Å². The minimum absolute atomic E-state index is 0.242. The van der Waals surface area contributed by atoms with E-state index in [0.29, 0.717) is 18.9 Å². The Labute approximate surface area is 100 Å². The number of hydrogen-bond donors (Lipinski definition) is 2. The van der Waals surface area contributed by atoms with E-state index in [1.54, 1.807) is 23.3 Å². The molecule has 3 N–H and O–H groups in total. The zero-order chi connectivity index (χ0) is 11.4. The van der Waals surface area contributed by atoms with Crippen LogP contribution in [0, 0.1) is 0 Å². The summed E-state index contributed by atoms with van der Waals surface area (Å²) in [6.45, 7) is 1.38. The van der Waals surface area contributed by atoms with Gasteiger partial charge < -0.3 is 11.1 Å². The number of nitrogens with one attached hydrogen (secondary N) is 1. The Morgan fingerprint density at radius 3 is 3.12 bits per heavy atom. The van der Waals surface area contributed by atoms with Crippen LogP contribution in [0.15, 0.2) is 23.1 Å². The van der Waals surface area contributed by atoms with Gasteiger partial charge in [0, 0.05) is 18.9 Å². The molecule has 0 fully saturated rings. The maximum atomic E-state index is 5.48. The second-order valence-electron chi connectivity index (χ2n) is 3.02. The van der Waals surface area contributed by atoms with Crippen LogP contribution in [0.1, 0.15) is 0 Å². The standard InChI is InChI=1S/C8H10BrN7/c9-6-5-12-8(10)14-7(6)11-1-3-16-4-2-13-15-16/h2,4-5H,1,3H2,(H3,10,11,12,14). The molecule has 8 heteroatoms. The molecular formula is C8H10BrN7. The van der Waals surface area contributed by atoms with Crippen molar-refractivity contribution in [2.75, 3.05) is 17.6 Å². The molecule has 0 aliphatic carbocycles. The highest BCUT2D eigenvalue weighted by Crippen LogP contribution is 2.18. The number of aromatic nitrogens is 5. The quantitative estimate of drug-likeness (QED) is 0.850. The van der Waals surface area contributed by atoms with Crippen LogP contribution in [0.3, 0.4) is 0 Å². The molecule has 2 heterocycles. The van der Waals surface area contributed by atoms with E-state index in [2.05, 4.69) is 41.5 Å². The fraction of sp³-hybridized carbons (Fsp3) is 0.250. The minimum Gasteiger partial charge on any atom is -0.368 e. The van der Waals surface area contributed by atoms with Crippen LogP contribution in [-0.2, 0) is 6.54 Å². The SMILES string of the molecule is Nc1ncc(Br)c(NCCn2ccnn2)n1. The van der Waals surface area contributed by atoms with Crippen molar-refractivity contribution in [3.63, 3.8) is 0 Å². The summed E-state index contributed by atoms with van der Waals surface area (Å²) in [4.78, 5) is 7.90. The predicted octanol–water partition coefficient (Wildman–Crippen LogP) is 0.525. The first-order valence-corrected chi connectivity index (χ1v) is 5.41. The second kappa shape index (κ2) is 4.88. The van der Waals surface area contributed by atoms with Crippen LogP contribution < -0.4 is 11.1 Å². The lowest BCUT2D eigenvalue weighted by Gasteiger charge is -2.07. The molecule has 0 aliphatic heterocycles. The molecule has 0 bridgehead atoms. The van der Waals surface area contributed by atoms with Gasteiger partial charge in [-0.3, -0.25) is 4.68 Å². The first-order valence-electron chi connectivity index (χ1n) is 4.61. The summed E-state index contributed by atoms with van der Waals surface area (Å²) >= 11 is 3.33. The Hall–Kier alpha value is -1.70. The zero-order valence-corrected chi connectivity index (χ0v) is 9.92. The molecule has 0 atom stereocenters. The Morgan fingerprint density at radius 2 is 2.38 bits per heavy atom. The van der Waals surface area contributed by atoms with Gasteiger partial charge in [-0.2, -0.15) is 4.98 Å². The van der Waals surface area contributed by atoms with Gasteiger partial charge in [0.05, 0.1) is 17.2 Å². The summed E-state index contributed by atoms with van der Waals surface area (Å²) < 4.78 is 2.51. The fourth-order valence-electron chi connectivity index (χ4n) is 1.15. The molecule has 2 aromatic rings. The van der Waals surface area contributed by atoms with Crippen molar-refractivity contribution in [2.45, 2.75) is 6.54 Å². The van der Waals surface area contributed by atoms with E-state index in [9.17, 15) is 0 Å². The second-order valence-corrected chi connectivity index (χ2v) is 3.87. The maximum absolute atomic E-state index is 5.48. The highest BCUT2D eigenvalue weighted by Gasteiger charge is 2.02. The molecule has 0 saturated heterocycles.